The zero-order chi connectivity index (χ0) is 29.2. The highest BCUT2D eigenvalue weighted by molar-refractivity contribution is 14.1. The van der Waals surface area contributed by atoms with Gasteiger partial charge in [0.1, 0.15) is 4.90 Å². The molecule has 212 valence electrons. The highest BCUT2D eigenvalue weighted by atomic mass is 127. The van der Waals surface area contributed by atoms with Crippen molar-refractivity contribution >= 4 is 44.3 Å². The second-order valence-electron chi connectivity index (χ2n) is 12.6. The Kier molecular flexibility index (Phi) is 7.22. The number of Topliss-reactive ketones (excluding diaryl/α,β-unsaturated/α-hetero) is 2. The topological polar surface area (TPSA) is 98.8 Å². The number of carbonyl (C=O) groups excluding carboxylic acids is 2. The van der Waals surface area contributed by atoms with E-state index in [-0.39, 0.29) is 38.8 Å². The third-order valence-electron chi connectivity index (χ3n) is 7.81. The second kappa shape index (κ2) is 10.0. The summed E-state index contributed by atoms with van der Waals surface area (Å²) in [6.07, 6.45) is 2.16. The number of halogens is 1. The summed E-state index contributed by atoms with van der Waals surface area (Å²) in [5.74, 6) is -0.249. The number of methoxy groups -OCH3 is 1. The smallest absolute Gasteiger partial charge is 0.339 e. The van der Waals surface area contributed by atoms with Gasteiger partial charge in [-0.2, -0.15) is 8.42 Å². The zero-order valence-corrected chi connectivity index (χ0v) is 26.6. The van der Waals surface area contributed by atoms with E-state index in [9.17, 15) is 18.0 Å². The average molecular weight is 676 g/mol. The van der Waals surface area contributed by atoms with E-state index in [0.717, 1.165) is 17.0 Å². The van der Waals surface area contributed by atoms with Crippen LogP contribution in [-0.2, 0) is 19.7 Å². The maximum Gasteiger partial charge on any atom is 0.339 e. The molecule has 0 fully saturated rings. The fourth-order valence-corrected chi connectivity index (χ4v) is 7.91. The largest absolute Gasteiger partial charge is 0.493 e. The number of ketones is 2. The Hall–Kier alpha value is -2.66. The van der Waals surface area contributed by atoms with E-state index in [1.54, 1.807) is 24.3 Å². The predicted molar refractivity (Wildman–Crippen MR) is 161 cm³/mol. The van der Waals surface area contributed by atoms with Crippen molar-refractivity contribution in [3.05, 3.63) is 73.6 Å². The van der Waals surface area contributed by atoms with E-state index < -0.39 is 16.0 Å². The Labute approximate surface area is 249 Å². The number of hydrogen-bond acceptors (Lipinski definition) is 7. The fourth-order valence-electron chi connectivity index (χ4n) is 6.07. The summed E-state index contributed by atoms with van der Waals surface area (Å²) in [6, 6.07) is 9.92. The molecule has 0 amide bonds. The molecular formula is C31H34INO6S. The minimum absolute atomic E-state index is 0.0178. The Morgan fingerprint density at radius 1 is 0.875 bits per heavy atom. The number of aryl methyl sites for hydroxylation is 1. The minimum Gasteiger partial charge on any atom is -0.493 e. The van der Waals surface area contributed by atoms with Crippen LogP contribution in [0.25, 0.3) is 0 Å². The van der Waals surface area contributed by atoms with Crippen molar-refractivity contribution in [1.82, 2.24) is 5.32 Å². The van der Waals surface area contributed by atoms with Crippen molar-refractivity contribution in [2.75, 3.05) is 7.11 Å². The first-order valence-corrected chi connectivity index (χ1v) is 15.8. The Bertz CT molecular complexity index is 1550. The lowest BCUT2D eigenvalue weighted by Gasteiger charge is -2.44. The van der Waals surface area contributed by atoms with E-state index in [1.165, 1.54) is 19.2 Å². The number of benzene rings is 2. The molecule has 0 saturated carbocycles. The standard InChI is InChI=1S/C31H34INO6S/c1-17-7-9-19(10-8-17)40(36,37)39-29-20(32)11-18(12-25(29)38-6)26-27-21(13-30(2,3)15-23(27)34)33-22-14-31(4,5)16-24(35)28(22)26/h7-12,26,33H,13-16H2,1-6H3. The molecule has 3 aliphatic rings. The van der Waals surface area contributed by atoms with Gasteiger partial charge >= 0.3 is 10.1 Å². The number of carbonyl (C=O) groups is 2. The predicted octanol–water partition coefficient (Wildman–Crippen LogP) is 6.35. The molecule has 0 aromatic heterocycles. The first-order chi connectivity index (χ1) is 18.6. The molecule has 0 unspecified atom stereocenters. The molecule has 2 aromatic rings. The van der Waals surface area contributed by atoms with Gasteiger partial charge in [0, 0.05) is 41.3 Å². The number of ether oxygens (including phenoxy) is 1. The van der Waals surface area contributed by atoms with Crippen molar-refractivity contribution < 1.29 is 26.9 Å². The van der Waals surface area contributed by atoms with Crippen LogP contribution in [0.3, 0.4) is 0 Å². The van der Waals surface area contributed by atoms with Crippen LogP contribution in [0.1, 0.15) is 70.4 Å². The Balaban J connectivity index is 1.64. The summed E-state index contributed by atoms with van der Waals surface area (Å²) >= 11 is 2.03. The molecule has 0 atom stereocenters. The quantitative estimate of drug-likeness (QED) is 0.292. The highest BCUT2D eigenvalue weighted by Gasteiger charge is 2.46. The number of allylic oxidation sites excluding steroid dienone is 4. The van der Waals surface area contributed by atoms with Gasteiger partial charge in [0.2, 0.25) is 0 Å². The van der Waals surface area contributed by atoms with Gasteiger partial charge < -0.3 is 14.2 Å². The summed E-state index contributed by atoms with van der Waals surface area (Å²) < 4.78 is 38.0. The van der Waals surface area contributed by atoms with Crippen LogP contribution in [0, 0.1) is 21.3 Å². The van der Waals surface area contributed by atoms with Crippen LogP contribution >= 0.6 is 22.6 Å². The van der Waals surface area contributed by atoms with E-state index in [0.29, 0.717) is 46.0 Å². The van der Waals surface area contributed by atoms with Crippen LogP contribution in [0.2, 0.25) is 0 Å². The van der Waals surface area contributed by atoms with Gasteiger partial charge in [-0.3, -0.25) is 9.59 Å². The van der Waals surface area contributed by atoms with Crippen LogP contribution in [-0.4, -0.2) is 27.1 Å². The fraction of sp³-hybridized carbons (Fsp3) is 0.419. The summed E-state index contributed by atoms with van der Waals surface area (Å²) in [5, 5.41) is 3.52. The van der Waals surface area contributed by atoms with E-state index in [1.807, 2.05) is 29.5 Å². The maximum atomic E-state index is 13.6. The van der Waals surface area contributed by atoms with E-state index in [4.69, 9.17) is 8.92 Å². The summed E-state index contributed by atoms with van der Waals surface area (Å²) in [5.41, 5.74) is 4.19. The molecule has 7 nitrogen and oxygen atoms in total. The SMILES string of the molecule is COc1cc(C2C3=C(CC(C)(C)CC3=O)NC3=C2C(=O)CC(C)(C)C3)cc(I)c1OS(=O)(=O)c1ccc(C)cc1. The molecule has 0 spiro atoms. The first-order valence-electron chi connectivity index (χ1n) is 13.3. The summed E-state index contributed by atoms with van der Waals surface area (Å²) in [6.45, 7) is 10.2. The van der Waals surface area contributed by atoms with Gasteiger partial charge in [0.15, 0.2) is 23.1 Å². The van der Waals surface area contributed by atoms with Gasteiger partial charge in [-0.05, 0) is 83.0 Å². The Morgan fingerprint density at radius 2 is 1.40 bits per heavy atom. The number of rotatable bonds is 5. The van der Waals surface area contributed by atoms with Crippen molar-refractivity contribution in [3.8, 4) is 11.5 Å². The van der Waals surface area contributed by atoms with Crippen LogP contribution in [0.5, 0.6) is 11.5 Å². The normalized spacial score (nSPS) is 20.6. The van der Waals surface area contributed by atoms with Gasteiger partial charge in [-0.15, -0.1) is 0 Å². The molecule has 1 heterocycles. The molecule has 0 bridgehead atoms. The van der Waals surface area contributed by atoms with Crippen molar-refractivity contribution in [1.29, 1.82) is 0 Å². The third kappa shape index (κ3) is 5.34. The van der Waals surface area contributed by atoms with Crippen LogP contribution < -0.4 is 14.2 Å². The molecule has 1 N–H and O–H groups in total. The van der Waals surface area contributed by atoms with Gasteiger partial charge in [0.25, 0.3) is 0 Å². The number of dihydropyridines is 1. The molecule has 2 aromatic carbocycles. The van der Waals surface area contributed by atoms with Crippen molar-refractivity contribution in [3.63, 3.8) is 0 Å². The van der Waals surface area contributed by atoms with Crippen LogP contribution in [0.4, 0.5) is 0 Å². The maximum absolute atomic E-state index is 13.6. The third-order valence-corrected chi connectivity index (χ3v) is 9.84. The molecule has 2 aliphatic carbocycles. The highest BCUT2D eigenvalue weighted by Crippen LogP contribution is 2.52. The van der Waals surface area contributed by atoms with Gasteiger partial charge in [-0.25, -0.2) is 0 Å². The van der Waals surface area contributed by atoms with Crippen molar-refractivity contribution in [2.24, 2.45) is 10.8 Å². The zero-order valence-electron chi connectivity index (χ0n) is 23.6. The average Bonchev–Trinajstić information content (AvgIpc) is 2.82. The molecule has 0 saturated heterocycles. The summed E-state index contributed by atoms with van der Waals surface area (Å²) in [4.78, 5) is 27.3. The van der Waals surface area contributed by atoms with E-state index >= 15 is 0 Å². The minimum atomic E-state index is -4.13. The first kappa shape index (κ1) is 28.9. The molecule has 5 rings (SSSR count). The molecule has 0 radical (unpaired) electrons. The van der Waals surface area contributed by atoms with E-state index in [2.05, 4.69) is 33.0 Å². The lowest BCUT2D eigenvalue weighted by molar-refractivity contribution is -0.119. The monoisotopic (exact) mass is 675 g/mol. The number of hydrogen-bond donors (Lipinski definition) is 1. The number of nitrogens with one attached hydrogen (secondary N) is 1. The molecule has 1 aliphatic heterocycles. The van der Waals surface area contributed by atoms with Crippen LogP contribution in [0.15, 0.2) is 63.8 Å². The van der Waals surface area contributed by atoms with Gasteiger partial charge in [-0.1, -0.05) is 45.4 Å². The van der Waals surface area contributed by atoms with Crippen molar-refractivity contribution in [2.45, 2.75) is 71.1 Å². The molecule has 40 heavy (non-hydrogen) atoms. The lowest BCUT2D eigenvalue weighted by atomic mass is 9.64. The molecular weight excluding hydrogens is 641 g/mol. The molecule has 9 heteroatoms. The Morgan fingerprint density at radius 3 is 1.90 bits per heavy atom. The lowest BCUT2D eigenvalue weighted by Crippen LogP contribution is -2.42. The second-order valence-corrected chi connectivity index (χ2v) is 15.3. The summed E-state index contributed by atoms with van der Waals surface area (Å²) in [7, 11) is -2.68. The van der Waals surface area contributed by atoms with Gasteiger partial charge in [0.05, 0.1) is 10.7 Å².